The van der Waals surface area contributed by atoms with E-state index in [1.807, 2.05) is 0 Å². The van der Waals surface area contributed by atoms with E-state index in [4.69, 9.17) is 11.6 Å². The predicted molar refractivity (Wildman–Crippen MR) is 97.5 cm³/mol. The fraction of sp³-hybridized carbons (Fsp3) is 0.222. The molecule has 0 fully saturated rings. The van der Waals surface area contributed by atoms with Gasteiger partial charge < -0.3 is 0 Å². The van der Waals surface area contributed by atoms with E-state index in [-0.39, 0.29) is 16.3 Å². The van der Waals surface area contributed by atoms with E-state index < -0.39 is 23.5 Å². The van der Waals surface area contributed by atoms with Gasteiger partial charge in [0.15, 0.2) is 5.17 Å². The normalized spacial score (nSPS) is 14.4. The highest BCUT2D eigenvalue weighted by Gasteiger charge is 2.31. The molecule has 0 saturated heterocycles. The Kier molecular flexibility index (Phi) is 5.76. The van der Waals surface area contributed by atoms with E-state index in [0.29, 0.717) is 23.8 Å². The molecule has 1 amide bonds. The number of halogens is 5. The largest absolute Gasteiger partial charge is 0.416 e. The van der Waals surface area contributed by atoms with Crippen LogP contribution in [0.15, 0.2) is 47.5 Å². The van der Waals surface area contributed by atoms with Gasteiger partial charge >= 0.3 is 6.18 Å². The molecule has 2 aromatic rings. The number of amides is 1. The Hall–Kier alpha value is -2.06. The van der Waals surface area contributed by atoms with Crippen LogP contribution in [0.3, 0.4) is 0 Å². The first-order chi connectivity index (χ1) is 12.8. The predicted octanol–water partition coefficient (Wildman–Crippen LogP) is 5.24. The number of hydrogen-bond acceptors (Lipinski definition) is 3. The molecule has 2 aromatic carbocycles. The highest BCUT2D eigenvalue weighted by molar-refractivity contribution is 8.13. The molecule has 3 nitrogen and oxygen atoms in total. The van der Waals surface area contributed by atoms with Gasteiger partial charge in [-0.15, -0.1) is 0 Å². The Balaban J connectivity index is 1.71. The first-order valence-corrected chi connectivity index (χ1v) is 9.23. The SMILES string of the molecule is O=C(c1ccc(C(F)(F)F)cc1)N1CCN=C1SCc1c(F)cccc1Cl. The van der Waals surface area contributed by atoms with Crippen molar-refractivity contribution < 1.29 is 22.4 Å². The average Bonchev–Trinajstić information content (AvgIpc) is 3.08. The highest BCUT2D eigenvalue weighted by atomic mass is 35.5. The maximum Gasteiger partial charge on any atom is 0.416 e. The minimum Gasteiger partial charge on any atom is -0.286 e. The topological polar surface area (TPSA) is 32.7 Å². The second kappa shape index (κ2) is 7.90. The van der Waals surface area contributed by atoms with Gasteiger partial charge in [0.2, 0.25) is 0 Å². The van der Waals surface area contributed by atoms with Gasteiger partial charge in [0, 0.05) is 28.4 Å². The number of carbonyl (C=O) groups is 1. The molecule has 0 bridgehead atoms. The molecule has 142 valence electrons. The van der Waals surface area contributed by atoms with Gasteiger partial charge in [-0.25, -0.2) is 4.39 Å². The van der Waals surface area contributed by atoms with Crippen LogP contribution in [0.5, 0.6) is 0 Å². The van der Waals surface area contributed by atoms with Crippen molar-refractivity contribution >= 4 is 34.4 Å². The average molecular weight is 417 g/mol. The molecule has 1 heterocycles. The first kappa shape index (κ1) is 19.7. The molecule has 0 aromatic heterocycles. The number of benzene rings is 2. The van der Waals surface area contributed by atoms with Crippen molar-refractivity contribution in [2.24, 2.45) is 4.99 Å². The van der Waals surface area contributed by atoms with Crippen molar-refractivity contribution in [1.82, 2.24) is 4.90 Å². The molecule has 3 rings (SSSR count). The minimum atomic E-state index is -4.46. The van der Waals surface area contributed by atoms with E-state index in [9.17, 15) is 22.4 Å². The summed E-state index contributed by atoms with van der Waals surface area (Å²) in [6, 6.07) is 8.38. The fourth-order valence-electron chi connectivity index (χ4n) is 2.50. The Morgan fingerprint density at radius 1 is 1.19 bits per heavy atom. The summed E-state index contributed by atoms with van der Waals surface area (Å²) in [6.45, 7) is 0.687. The number of carbonyl (C=O) groups excluding carboxylic acids is 1. The Morgan fingerprint density at radius 2 is 1.89 bits per heavy atom. The molecule has 0 N–H and O–H groups in total. The number of amidine groups is 1. The van der Waals surface area contributed by atoms with Gasteiger partial charge in [-0.05, 0) is 36.4 Å². The summed E-state index contributed by atoms with van der Waals surface area (Å²) in [5.74, 6) is -0.720. The summed E-state index contributed by atoms with van der Waals surface area (Å²) in [7, 11) is 0. The van der Waals surface area contributed by atoms with E-state index in [0.717, 1.165) is 36.0 Å². The van der Waals surface area contributed by atoms with Crippen molar-refractivity contribution in [3.63, 3.8) is 0 Å². The van der Waals surface area contributed by atoms with Crippen molar-refractivity contribution in [1.29, 1.82) is 0 Å². The van der Waals surface area contributed by atoms with Crippen molar-refractivity contribution in [2.45, 2.75) is 11.9 Å². The van der Waals surface area contributed by atoms with Gasteiger partial charge in [-0.3, -0.25) is 14.7 Å². The zero-order valence-corrected chi connectivity index (χ0v) is 15.3. The van der Waals surface area contributed by atoms with Crippen LogP contribution in [0.2, 0.25) is 5.02 Å². The van der Waals surface area contributed by atoms with Gasteiger partial charge in [-0.2, -0.15) is 13.2 Å². The molecule has 0 atom stereocenters. The summed E-state index contributed by atoms with van der Waals surface area (Å²) >= 11 is 7.15. The molecule has 27 heavy (non-hydrogen) atoms. The van der Waals surface area contributed by atoms with Crippen molar-refractivity contribution in [3.8, 4) is 0 Å². The van der Waals surface area contributed by atoms with Gasteiger partial charge in [0.05, 0.1) is 12.1 Å². The molecule has 9 heteroatoms. The summed E-state index contributed by atoms with van der Waals surface area (Å²) in [6.07, 6.45) is -4.46. The number of aliphatic imine (C=N–C) groups is 1. The summed E-state index contributed by atoms with van der Waals surface area (Å²) < 4.78 is 51.8. The van der Waals surface area contributed by atoms with Crippen LogP contribution >= 0.6 is 23.4 Å². The van der Waals surface area contributed by atoms with Crippen LogP contribution in [-0.4, -0.2) is 29.1 Å². The third-order valence-electron chi connectivity index (χ3n) is 3.91. The Morgan fingerprint density at radius 3 is 2.52 bits per heavy atom. The molecular weight excluding hydrogens is 404 g/mol. The van der Waals surface area contributed by atoms with Crippen LogP contribution < -0.4 is 0 Å². The quantitative estimate of drug-likeness (QED) is 0.641. The van der Waals surface area contributed by atoms with Gasteiger partial charge in [0.25, 0.3) is 5.91 Å². The van der Waals surface area contributed by atoms with Gasteiger partial charge in [-0.1, -0.05) is 29.4 Å². The van der Waals surface area contributed by atoms with Gasteiger partial charge in [0.1, 0.15) is 5.82 Å². The summed E-state index contributed by atoms with van der Waals surface area (Å²) in [4.78, 5) is 18.2. The molecule has 0 saturated carbocycles. The molecule has 1 aliphatic heterocycles. The second-order valence-electron chi connectivity index (χ2n) is 5.69. The third kappa shape index (κ3) is 4.44. The zero-order chi connectivity index (χ0) is 19.6. The molecule has 0 aliphatic carbocycles. The number of nitrogens with zero attached hydrogens (tertiary/aromatic N) is 2. The Labute approximate surface area is 162 Å². The van der Waals surface area contributed by atoms with E-state index in [1.54, 1.807) is 6.07 Å². The third-order valence-corrected chi connectivity index (χ3v) is 5.31. The monoisotopic (exact) mass is 416 g/mol. The van der Waals surface area contributed by atoms with Crippen LogP contribution in [0.25, 0.3) is 0 Å². The van der Waals surface area contributed by atoms with Crippen molar-refractivity contribution in [2.75, 3.05) is 13.1 Å². The highest BCUT2D eigenvalue weighted by Crippen LogP contribution is 2.30. The number of alkyl halides is 3. The standard InChI is InChI=1S/C18H13ClF4N2OS/c19-14-2-1-3-15(20)13(14)10-27-17-24-8-9-25(17)16(26)11-4-6-12(7-5-11)18(21,22)23/h1-7H,8-10H2. The maximum atomic E-state index is 13.9. The molecule has 1 aliphatic rings. The summed E-state index contributed by atoms with van der Waals surface area (Å²) in [5.41, 5.74) is -0.388. The van der Waals surface area contributed by atoms with Crippen LogP contribution in [0.4, 0.5) is 17.6 Å². The van der Waals surface area contributed by atoms with Crippen LogP contribution in [0.1, 0.15) is 21.5 Å². The fourth-order valence-corrected chi connectivity index (χ4v) is 3.89. The van der Waals surface area contributed by atoms with E-state index >= 15 is 0 Å². The lowest BCUT2D eigenvalue weighted by atomic mass is 10.1. The van der Waals surface area contributed by atoms with Crippen LogP contribution in [-0.2, 0) is 11.9 Å². The second-order valence-corrected chi connectivity index (χ2v) is 7.03. The lowest BCUT2D eigenvalue weighted by molar-refractivity contribution is -0.137. The van der Waals surface area contributed by atoms with E-state index in [1.165, 1.54) is 17.0 Å². The maximum absolute atomic E-state index is 13.9. The van der Waals surface area contributed by atoms with Crippen LogP contribution in [0, 0.1) is 5.82 Å². The summed E-state index contributed by atoms with van der Waals surface area (Å²) in [5, 5.41) is 0.668. The molecular formula is C18H13ClF4N2OS. The Bertz CT molecular complexity index is 864. The number of thioether (sulfide) groups is 1. The molecule has 0 unspecified atom stereocenters. The lowest BCUT2D eigenvalue weighted by Crippen LogP contribution is -2.32. The van der Waals surface area contributed by atoms with Crippen molar-refractivity contribution in [3.05, 3.63) is 70.0 Å². The van der Waals surface area contributed by atoms with E-state index in [2.05, 4.69) is 4.99 Å². The number of hydrogen-bond donors (Lipinski definition) is 0. The number of rotatable bonds is 3. The lowest BCUT2D eigenvalue weighted by Gasteiger charge is -2.18. The first-order valence-electron chi connectivity index (χ1n) is 7.86. The molecule has 0 spiro atoms. The zero-order valence-electron chi connectivity index (χ0n) is 13.8. The smallest absolute Gasteiger partial charge is 0.286 e. The minimum absolute atomic E-state index is 0.127. The molecule has 0 radical (unpaired) electrons.